The van der Waals surface area contributed by atoms with Gasteiger partial charge in [-0.15, -0.1) is 0 Å². The molecule has 0 aliphatic heterocycles. The average molecular weight is 281 g/mol. The molecular weight excluding hydrogens is 262 g/mol. The Morgan fingerprint density at radius 2 is 2.15 bits per heavy atom. The van der Waals surface area contributed by atoms with Crippen LogP contribution in [0.2, 0.25) is 0 Å². The van der Waals surface area contributed by atoms with Gasteiger partial charge in [0.25, 0.3) is 11.6 Å². The zero-order valence-electron chi connectivity index (χ0n) is 11.5. The zero-order valence-corrected chi connectivity index (χ0v) is 11.5. The number of nitrogens with two attached hydrogens (primary N) is 1. The number of nitrogen functional groups attached to an aromatic ring is 1. The van der Waals surface area contributed by atoms with E-state index in [0.29, 0.717) is 12.3 Å². The molecule has 0 saturated carbocycles. The molecule has 1 amide bonds. The summed E-state index contributed by atoms with van der Waals surface area (Å²) in [5, 5.41) is 22.6. The molecule has 7 nitrogen and oxygen atoms in total. The normalized spacial score (nSPS) is 12.2. The van der Waals surface area contributed by atoms with Crippen molar-refractivity contribution in [2.45, 2.75) is 26.3 Å². The molecule has 0 fully saturated rings. The number of amides is 1. The van der Waals surface area contributed by atoms with Gasteiger partial charge in [0, 0.05) is 11.6 Å². The number of hydrogen-bond donors (Lipinski definition) is 3. The third kappa shape index (κ3) is 4.20. The van der Waals surface area contributed by atoms with Crippen LogP contribution in [0.25, 0.3) is 0 Å². The van der Waals surface area contributed by atoms with Crippen molar-refractivity contribution < 1.29 is 14.8 Å². The smallest absolute Gasteiger partial charge is 0.292 e. The van der Waals surface area contributed by atoms with Crippen LogP contribution in [-0.4, -0.2) is 28.6 Å². The van der Waals surface area contributed by atoms with E-state index in [9.17, 15) is 20.0 Å². The highest BCUT2D eigenvalue weighted by molar-refractivity contribution is 5.95. The summed E-state index contributed by atoms with van der Waals surface area (Å²) in [7, 11) is 0. The Labute approximate surface area is 116 Å². The maximum absolute atomic E-state index is 12.0. The second-order valence-corrected chi connectivity index (χ2v) is 5.01. The Morgan fingerprint density at radius 3 is 2.65 bits per heavy atom. The quantitative estimate of drug-likeness (QED) is 0.412. The van der Waals surface area contributed by atoms with Gasteiger partial charge in [-0.25, -0.2) is 0 Å². The molecule has 0 aromatic heterocycles. The van der Waals surface area contributed by atoms with Gasteiger partial charge in [0.1, 0.15) is 5.69 Å². The minimum absolute atomic E-state index is 0.00689. The maximum Gasteiger partial charge on any atom is 0.292 e. The first kappa shape index (κ1) is 15.9. The van der Waals surface area contributed by atoms with E-state index in [1.807, 2.05) is 13.8 Å². The van der Waals surface area contributed by atoms with Crippen molar-refractivity contribution in [3.63, 3.8) is 0 Å². The van der Waals surface area contributed by atoms with Crippen molar-refractivity contribution in [2.24, 2.45) is 5.92 Å². The van der Waals surface area contributed by atoms with Gasteiger partial charge in [-0.2, -0.15) is 0 Å². The van der Waals surface area contributed by atoms with Crippen LogP contribution in [0.5, 0.6) is 0 Å². The number of aliphatic hydroxyl groups is 1. The summed E-state index contributed by atoms with van der Waals surface area (Å²) in [6, 6.07) is 3.50. The predicted molar refractivity (Wildman–Crippen MR) is 75.3 cm³/mol. The van der Waals surface area contributed by atoms with Crippen LogP contribution in [0.3, 0.4) is 0 Å². The Kier molecular flexibility index (Phi) is 5.45. The molecule has 20 heavy (non-hydrogen) atoms. The van der Waals surface area contributed by atoms with Crippen molar-refractivity contribution in [2.75, 3.05) is 12.3 Å². The van der Waals surface area contributed by atoms with Crippen molar-refractivity contribution in [1.29, 1.82) is 0 Å². The van der Waals surface area contributed by atoms with Crippen LogP contribution in [0.1, 0.15) is 30.6 Å². The summed E-state index contributed by atoms with van der Waals surface area (Å²) in [6.45, 7) is 3.77. The van der Waals surface area contributed by atoms with Crippen LogP contribution >= 0.6 is 0 Å². The molecule has 1 rings (SSSR count). The summed E-state index contributed by atoms with van der Waals surface area (Å²) in [6.07, 6.45) is 0.624. The third-order valence-corrected chi connectivity index (χ3v) is 2.80. The molecule has 1 unspecified atom stereocenters. The third-order valence-electron chi connectivity index (χ3n) is 2.80. The first-order valence-corrected chi connectivity index (χ1v) is 6.30. The number of hydrogen-bond acceptors (Lipinski definition) is 5. The molecule has 0 radical (unpaired) electrons. The zero-order chi connectivity index (χ0) is 15.3. The topological polar surface area (TPSA) is 118 Å². The largest absolute Gasteiger partial charge is 0.394 e. The van der Waals surface area contributed by atoms with Gasteiger partial charge in [0.05, 0.1) is 17.6 Å². The van der Waals surface area contributed by atoms with Crippen molar-refractivity contribution in [3.05, 3.63) is 33.9 Å². The number of anilines is 1. The second kappa shape index (κ2) is 6.85. The Morgan fingerprint density at radius 1 is 1.50 bits per heavy atom. The van der Waals surface area contributed by atoms with Crippen LogP contribution in [0.4, 0.5) is 11.4 Å². The fourth-order valence-corrected chi connectivity index (χ4v) is 1.86. The molecule has 110 valence electrons. The van der Waals surface area contributed by atoms with Crippen LogP contribution in [-0.2, 0) is 0 Å². The van der Waals surface area contributed by atoms with Crippen LogP contribution in [0, 0.1) is 16.0 Å². The SMILES string of the molecule is CC(C)CC(CO)NC(=O)c1ccc(N)c([N+](=O)[O-])c1. The second-order valence-electron chi connectivity index (χ2n) is 5.01. The van der Waals surface area contributed by atoms with Crippen molar-refractivity contribution in [1.82, 2.24) is 5.32 Å². The number of benzene rings is 1. The number of nitrogens with one attached hydrogen (secondary N) is 1. The summed E-state index contributed by atoms with van der Waals surface area (Å²) >= 11 is 0. The first-order valence-electron chi connectivity index (χ1n) is 6.30. The summed E-state index contributed by atoms with van der Waals surface area (Å²) in [4.78, 5) is 22.1. The minimum atomic E-state index is -0.635. The molecule has 4 N–H and O–H groups in total. The first-order chi connectivity index (χ1) is 9.35. The molecule has 0 saturated heterocycles. The highest BCUT2D eigenvalue weighted by Gasteiger charge is 2.18. The van der Waals surface area contributed by atoms with E-state index < -0.39 is 10.8 Å². The lowest BCUT2D eigenvalue weighted by atomic mass is 10.0. The number of rotatable bonds is 6. The van der Waals surface area contributed by atoms with E-state index >= 15 is 0 Å². The molecule has 1 aromatic carbocycles. The van der Waals surface area contributed by atoms with Gasteiger partial charge in [0.15, 0.2) is 0 Å². The van der Waals surface area contributed by atoms with Gasteiger partial charge < -0.3 is 16.2 Å². The summed E-state index contributed by atoms with van der Waals surface area (Å²) in [5.41, 5.74) is 5.32. The molecule has 0 heterocycles. The Bertz CT molecular complexity index is 502. The van der Waals surface area contributed by atoms with Gasteiger partial charge in [0.2, 0.25) is 0 Å². The number of carbonyl (C=O) groups is 1. The predicted octanol–water partition coefficient (Wildman–Crippen LogP) is 1.31. The number of carbonyl (C=O) groups excluding carboxylic acids is 1. The van der Waals surface area contributed by atoms with Gasteiger partial charge in [-0.3, -0.25) is 14.9 Å². The molecule has 0 bridgehead atoms. The fraction of sp³-hybridized carbons (Fsp3) is 0.462. The van der Waals surface area contributed by atoms with E-state index in [0.717, 1.165) is 6.07 Å². The van der Waals surface area contributed by atoms with Gasteiger partial charge in [-0.05, 0) is 24.5 Å². The number of nitrogens with zero attached hydrogens (tertiary/aromatic N) is 1. The molecule has 1 atom stereocenters. The lowest BCUT2D eigenvalue weighted by molar-refractivity contribution is -0.383. The van der Waals surface area contributed by atoms with Crippen molar-refractivity contribution in [3.8, 4) is 0 Å². The number of nitro groups is 1. The van der Waals surface area contributed by atoms with E-state index in [1.165, 1.54) is 12.1 Å². The van der Waals surface area contributed by atoms with Crippen LogP contribution in [0.15, 0.2) is 18.2 Å². The fourth-order valence-electron chi connectivity index (χ4n) is 1.86. The van der Waals surface area contributed by atoms with E-state index in [-0.39, 0.29) is 29.6 Å². The highest BCUT2D eigenvalue weighted by atomic mass is 16.6. The molecule has 7 heteroatoms. The molecule has 0 aliphatic carbocycles. The van der Waals surface area contributed by atoms with Gasteiger partial charge in [-0.1, -0.05) is 13.8 Å². The molecule has 0 spiro atoms. The highest BCUT2D eigenvalue weighted by Crippen LogP contribution is 2.22. The van der Waals surface area contributed by atoms with E-state index in [4.69, 9.17) is 5.73 Å². The molecule has 1 aromatic rings. The maximum atomic E-state index is 12.0. The monoisotopic (exact) mass is 281 g/mol. The molecular formula is C13H19N3O4. The lowest BCUT2D eigenvalue weighted by Gasteiger charge is -2.18. The van der Waals surface area contributed by atoms with Gasteiger partial charge >= 0.3 is 0 Å². The standard InChI is InChI=1S/C13H19N3O4/c1-8(2)5-10(7-17)15-13(18)9-3-4-11(14)12(6-9)16(19)20/h3-4,6,8,10,17H,5,7,14H2,1-2H3,(H,15,18). The van der Waals surface area contributed by atoms with Crippen LogP contribution < -0.4 is 11.1 Å². The van der Waals surface area contributed by atoms with Crippen molar-refractivity contribution >= 4 is 17.3 Å². The summed E-state index contributed by atoms with van der Waals surface area (Å²) < 4.78 is 0. The number of nitro benzene ring substituents is 1. The van der Waals surface area contributed by atoms with E-state index in [2.05, 4.69) is 5.32 Å². The Balaban J connectivity index is 2.87. The molecule has 0 aliphatic rings. The lowest BCUT2D eigenvalue weighted by Crippen LogP contribution is -2.38. The average Bonchev–Trinajstić information content (AvgIpc) is 2.37. The summed E-state index contributed by atoms with van der Waals surface area (Å²) in [5.74, 6) is -0.152. The van der Waals surface area contributed by atoms with E-state index in [1.54, 1.807) is 0 Å². The number of aliphatic hydroxyl groups excluding tert-OH is 1. The Hall–Kier alpha value is -2.15. The minimum Gasteiger partial charge on any atom is -0.394 e.